The molecule has 8 heteroatoms. The van der Waals surface area contributed by atoms with E-state index in [-0.39, 0.29) is 23.8 Å². The van der Waals surface area contributed by atoms with Crippen LogP contribution >= 0.6 is 0 Å². The molecule has 1 amide bonds. The number of carbonyl (C=O) groups excluding carboxylic acids is 1. The molecule has 0 unspecified atom stereocenters. The van der Waals surface area contributed by atoms with Gasteiger partial charge in [0, 0.05) is 18.5 Å². The molecule has 0 heterocycles. The molecular weight excluding hydrogens is 452 g/mol. The minimum atomic E-state index is -3.68. The largest absolute Gasteiger partial charge is 0.493 e. The molecule has 0 fully saturated rings. The van der Waals surface area contributed by atoms with Crippen LogP contribution in [-0.2, 0) is 21.2 Å². The molecule has 0 saturated heterocycles. The average molecular weight is 481 g/mol. The van der Waals surface area contributed by atoms with Crippen LogP contribution < -0.4 is 15.2 Å². The van der Waals surface area contributed by atoms with Crippen LogP contribution in [0.25, 0.3) is 6.08 Å². The zero-order chi connectivity index (χ0) is 24.4. The van der Waals surface area contributed by atoms with Gasteiger partial charge in [0.15, 0.2) is 0 Å². The van der Waals surface area contributed by atoms with E-state index in [2.05, 4.69) is 4.72 Å². The molecule has 34 heavy (non-hydrogen) atoms. The fourth-order valence-electron chi connectivity index (χ4n) is 3.24. The number of nitrogens with one attached hydrogen (secondary N) is 1. The second kappa shape index (κ2) is 12.0. The van der Waals surface area contributed by atoms with E-state index < -0.39 is 16.1 Å². The van der Waals surface area contributed by atoms with Crippen LogP contribution in [0.2, 0.25) is 0 Å². The number of ether oxygens (including phenoxy) is 1. The van der Waals surface area contributed by atoms with Gasteiger partial charge in [0.2, 0.25) is 5.91 Å². The number of aliphatic hydroxyl groups excluding tert-OH is 1. The molecule has 3 rings (SSSR count). The molecule has 3 aromatic carbocycles. The molecular formula is C26H28N2O5S. The van der Waals surface area contributed by atoms with Crippen molar-refractivity contribution in [2.45, 2.75) is 30.3 Å². The normalized spacial score (nSPS) is 12.4. The third-order valence-electron chi connectivity index (χ3n) is 4.99. The SMILES string of the molecule is NC(=O)CCc1ccccc1OCC[C@@H](O)/C=C/c1cccc(NS(=O)(=O)c2ccccc2)c1. The molecule has 1 atom stereocenters. The van der Waals surface area contributed by atoms with Gasteiger partial charge in [-0.25, -0.2) is 8.42 Å². The molecule has 4 N–H and O–H groups in total. The topological polar surface area (TPSA) is 119 Å². The fraction of sp³-hybridized carbons (Fsp3) is 0.192. The quantitative estimate of drug-likeness (QED) is 0.365. The van der Waals surface area contributed by atoms with Crippen molar-refractivity contribution in [3.63, 3.8) is 0 Å². The molecule has 7 nitrogen and oxygen atoms in total. The number of nitrogens with two attached hydrogens (primary N) is 1. The first-order valence-corrected chi connectivity index (χ1v) is 12.3. The van der Waals surface area contributed by atoms with Crippen molar-refractivity contribution in [1.82, 2.24) is 0 Å². The van der Waals surface area contributed by atoms with Crippen molar-refractivity contribution in [3.05, 3.63) is 96.1 Å². The van der Waals surface area contributed by atoms with Crippen LogP contribution in [-0.4, -0.2) is 32.1 Å². The maximum atomic E-state index is 12.5. The first kappa shape index (κ1) is 25.0. The maximum Gasteiger partial charge on any atom is 0.261 e. The number of benzene rings is 3. The Balaban J connectivity index is 1.54. The molecule has 0 radical (unpaired) electrons. The number of aliphatic hydroxyl groups is 1. The van der Waals surface area contributed by atoms with Crippen LogP contribution in [0.5, 0.6) is 5.75 Å². The van der Waals surface area contributed by atoms with Gasteiger partial charge in [0.25, 0.3) is 10.0 Å². The highest BCUT2D eigenvalue weighted by Gasteiger charge is 2.13. The predicted octanol–water partition coefficient (Wildman–Crippen LogP) is 3.75. The van der Waals surface area contributed by atoms with Gasteiger partial charge in [-0.2, -0.15) is 0 Å². The number of amides is 1. The maximum absolute atomic E-state index is 12.5. The summed E-state index contributed by atoms with van der Waals surface area (Å²) in [4.78, 5) is 11.2. The Labute approximate surface area is 199 Å². The first-order chi connectivity index (χ1) is 16.3. The van der Waals surface area contributed by atoms with Crippen molar-refractivity contribution in [2.75, 3.05) is 11.3 Å². The third-order valence-corrected chi connectivity index (χ3v) is 6.38. The Morgan fingerprint density at radius 1 is 1.03 bits per heavy atom. The summed E-state index contributed by atoms with van der Waals surface area (Å²) in [5, 5.41) is 10.3. The minimum absolute atomic E-state index is 0.183. The Morgan fingerprint density at radius 2 is 1.76 bits per heavy atom. The first-order valence-electron chi connectivity index (χ1n) is 10.9. The van der Waals surface area contributed by atoms with Crippen LogP contribution in [0.4, 0.5) is 5.69 Å². The Morgan fingerprint density at radius 3 is 2.53 bits per heavy atom. The molecule has 3 aromatic rings. The van der Waals surface area contributed by atoms with Crippen molar-refractivity contribution in [2.24, 2.45) is 5.73 Å². The molecule has 0 spiro atoms. The lowest BCUT2D eigenvalue weighted by atomic mass is 10.1. The highest BCUT2D eigenvalue weighted by Crippen LogP contribution is 2.20. The number of para-hydroxylation sites is 1. The lowest BCUT2D eigenvalue weighted by Gasteiger charge is -2.12. The van der Waals surface area contributed by atoms with Crippen LogP contribution in [0, 0.1) is 0 Å². The lowest BCUT2D eigenvalue weighted by Crippen LogP contribution is -2.13. The summed E-state index contributed by atoms with van der Waals surface area (Å²) >= 11 is 0. The highest BCUT2D eigenvalue weighted by atomic mass is 32.2. The summed E-state index contributed by atoms with van der Waals surface area (Å²) in [6.07, 6.45) is 3.72. The predicted molar refractivity (Wildman–Crippen MR) is 133 cm³/mol. The second-order valence-corrected chi connectivity index (χ2v) is 9.36. The van der Waals surface area contributed by atoms with E-state index in [9.17, 15) is 18.3 Å². The van der Waals surface area contributed by atoms with Crippen molar-refractivity contribution >= 4 is 27.7 Å². The molecule has 0 aromatic heterocycles. The summed E-state index contributed by atoms with van der Waals surface area (Å²) in [6.45, 7) is 0.288. The summed E-state index contributed by atoms with van der Waals surface area (Å²) in [7, 11) is -3.68. The molecule has 178 valence electrons. The summed E-state index contributed by atoms with van der Waals surface area (Å²) in [5.74, 6) is 0.297. The summed E-state index contributed by atoms with van der Waals surface area (Å²) in [5.41, 5.74) is 7.28. The van der Waals surface area contributed by atoms with Gasteiger partial charge in [-0.05, 0) is 47.9 Å². The van der Waals surface area contributed by atoms with Crippen LogP contribution in [0.3, 0.4) is 0 Å². The zero-order valence-corrected chi connectivity index (χ0v) is 19.4. The van der Waals surface area contributed by atoms with E-state index >= 15 is 0 Å². The molecule has 0 aliphatic heterocycles. The molecule has 0 bridgehead atoms. The number of rotatable bonds is 12. The summed E-state index contributed by atoms with van der Waals surface area (Å²) in [6, 6.07) is 22.5. The number of sulfonamides is 1. The van der Waals surface area contributed by atoms with Crippen molar-refractivity contribution in [3.8, 4) is 5.75 Å². The Bertz CT molecular complexity index is 1230. The lowest BCUT2D eigenvalue weighted by molar-refractivity contribution is -0.117. The average Bonchev–Trinajstić information content (AvgIpc) is 2.82. The van der Waals surface area contributed by atoms with Gasteiger partial charge in [0.05, 0.1) is 17.6 Å². The fourth-order valence-corrected chi connectivity index (χ4v) is 4.31. The molecule has 0 aliphatic carbocycles. The van der Waals surface area contributed by atoms with Crippen LogP contribution in [0.15, 0.2) is 89.8 Å². The molecule has 0 saturated carbocycles. The number of hydrogen-bond acceptors (Lipinski definition) is 5. The number of carbonyl (C=O) groups is 1. The van der Waals surface area contributed by atoms with Crippen molar-refractivity contribution in [1.29, 1.82) is 0 Å². The van der Waals surface area contributed by atoms with E-state index in [1.54, 1.807) is 48.6 Å². The van der Waals surface area contributed by atoms with E-state index in [1.165, 1.54) is 12.1 Å². The van der Waals surface area contributed by atoms with Gasteiger partial charge >= 0.3 is 0 Å². The number of aryl methyl sites for hydroxylation is 1. The van der Waals surface area contributed by atoms with Gasteiger partial charge < -0.3 is 15.6 Å². The van der Waals surface area contributed by atoms with E-state index in [0.29, 0.717) is 24.3 Å². The number of hydrogen-bond donors (Lipinski definition) is 3. The standard InChI is InChI=1S/C26H28N2O5S/c27-26(30)16-14-21-8-4-5-12-25(21)33-18-17-23(29)15-13-20-7-6-9-22(19-20)28-34(31,32)24-10-2-1-3-11-24/h1-13,15,19,23,28-29H,14,16-18H2,(H2,27,30)/b15-13+/t23-/m0/s1. The molecule has 0 aliphatic rings. The van der Waals surface area contributed by atoms with Crippen LogP contribution in [0.1, 0.15) is 24.0 Å². The highest BCUT2D eigenvalue weighted by molar-refractivity contribution is 7.92. The smallest absolute Gasteiger partial charge is 0.261 e. The van der Waals surface area contributed by atoms with Gasteiger partial charge in [-0.15, -0.1) is 0 Å². The third kappa shape index (κ3) is 7.75. The second-order valence-electron chi connectivity index (χ2n) is 7.68. The Hall–Kier alpha value is -3.62. The minimum Gasteiger partial charge on any atom is -0.493 e. The monoisotopic (exact) mass is 480 g/mol. The Kier molecular flexibility index (Phi) is 8.84. The van der Waals surface area contributed by atoms with Gasteiger partial charge in [-0.3, -0.25) is 9.52 Å². The van der Waals surface area contributed by atoms with Gasteiger partial charge in [-0.1, -0.05) is 60.7 Å². The van der Waals surface area contributed by atoms with E-state index in [1.807, 2.05) is 30.3 Å². The number of primary amides is 1. The number of anilines is 1. The zero-order valence-electron chi connectivity index (χ0n) is 18.6. The van der Waals surface area contributed by atoms with Crippen molar-refractivity contribution < 1.29 is 23.1 Å². The summed E-state index contributed by atoms with van der Waals surface area (Å²) < 4.78 is 33.4. The van der Waals surface area contributed by atoms with Gasteiger partial charge in [0.1, 0.15) is 5.75 Å². The van der Waals surface area contributed by atoms with E-state index in [4.69, 9.17) is 10.5 Å². The van der Waals surface area contributed by atoms with E-state index in [0.717, 1.165) is 11.1 Å².